The summed E-state index contributed by atoms with van der Waals surface area (Å²) in [6.07, 6.45) is 0.801. The summed E-state index contributed by atoms with van der Waals surface area (Å²) in [5, 5.41) is 11.1. The van der Waals surface area contributed by atoms with E-state index in [0.717, 1.165) is 6.42 Å². The van der Waals surface area contributed by atoms with Gasteiger partial charge in [0.05, 0.1) is 11.5 Å². The molecule has 1 aromatic carbocycles. The van der Waals surface area contributed by atoms with Gasteiger partial charge in [-0.25, -0.2) is 0 Å². The molecule has 0 spiro atoms. The zero-order chi connectivity index (χ0) is 14.0. The highest BCUT2D eigenvalue weighted by Crippen LogP contribution is 2.31. The summed E-state index contributed by atoms with van der Waals surface area (Å²) in [5.41, 5.74) is 0.517. The molecule has 0 saturated carbocycles. The highest BCUT2D eigenvalue weighted by Gasteiger charge is 2.24. The number of nitro groups is 1. The molecule has 1 fully saturated rings. The lowest BCUT2D eigenvalue weighted by Gasteiger charge is -2.21. The molecule has 1 aromatic rings. The van der Waals surface area contributed by atoms with Crippen LogP contribution in [-0.2, 0) is 4.79 Å². The summed E-state index contributed by atoms with van der Waals surface area (Å²) >= 11 is 3.23. The fourth-order valence-corrected chi connectivity index (χ4v) is 2.45. The van der Waals surface area contributed by atoms with Gasteiger partial charge in [0.1, 0.15) is 5.69 Å². The summed E-state index contributed by atoms with van der Waals surface area (Å²) in [6.45, 7) is 1.50. The Morgan fingerprint density at radius 2 is 2.11 bits per heavy atom. The van der Waals surface area contributed by atoms with Gasteiger partial charge in [-0.15, -0.1) is 0 Å². The number of nitrogens with zero attached hydrogens (tertiary/aromatic N) is 3. The molecular weight excluding hydrogens is 314 g/mol. The second-order valence-corrected chi connectivity index (χ2v) is 5.40. The van der Waals surface area contributed by atoms with Crippen LogP contribution in [0.4, 0.5) is 11.4 Å². The van der Waals surface area contributed by atoms with E-state index in [9.17, 15) is 14.9 Å². The fraction of sp³-hybridized carbons (Fsp3) is 0.417. The number of hydrogen-bond acceptors (Lipinski definition) is 4. The van der Waals surface area contributed by atoms with Crippen LogP contribution < -0.4 is 4.90 Å². The normalized spacial score (nSPS) is 16.4. The maximum Gasteiger partial charge on any atom is 0.293 e. The maximum atomic E-state index is 11.9. The van der Waals surface area contributed by atoms with Crippen molar-refractivity contribution in [2.24, 2.45) is 0 Å². The van der Waals surface area contributed by atoms with Gasteiger partial charge < -0.3 is 9.80 Å². The zero-order valence-corrected chi connectivity index (χ0v) is 12.1. The van der Waals surface area contributed by atoms with E-state index in [-0.39, 0.29) is 18.1 Å². The van der Waals surface area contributed by atoms with Gasteiger partial charge in [0, 0.05) is 30.7 Å². The number of carbonyl (C=O) groups is 1. The Morgan fingerprint density at radius 1 is 1.37 bits per heavy atom. The minimum atomic E-state index is -0.417. The van der Waals surface area contributed by atoms with Crippen molar-refractivity contribution in [2.75, 3.05) is 31.6 Å². The third kappa shape index (κ3) is 3.04. The highest BCUT2D eigenvalue weighted by atomic mass is 79.9. The molecule has 0 atom stereocenters. The first-order valence-electron chi connectivity index (χ1n) is 5.92. The monoisotopic (exact) mass is 327 g/mol. The van der Waals surface area contributed by atoms with Crippen molar-refractivity contribution in [3.05, 3.63) is 32.8 Å². The van der Waals surface area contributed by atoms with Crippen LogP contribution in [0.2, 0.25) is 0 Å². The number of hydrogen-bond donors (Lipinski definition) is 0. The van der Waals surface area contributed by atoms with E-state index in [1.807, 2.05) is 0 Å². The largest absolute Gasteiger partial charge is 0.357 e. The third-order valence-electron chi connectivity index (χ3n) is 3.15. The number of halogens is 1. The summed E-state index contributed by atoms with van der Waals surface area (Å²) in [7, 11) is 1.75. The first-order valence-corrected chi connectivity index (χ1v) is 6.71. The Bertz CT molecular complexity index is 521. The lowest BCUT2D eigenvalue weighted by Crippen LogP contribution is -2.34. The van der Waals surface area contributed by atoms with Crippen molar-refractivity contribution >= 4 is 33.2 Å². The Kier molecular flexibility index (Phi) is 4.04. The van der Waals surface area contributed by atoms with E-state index in [2.05, 4.69) is 15.9 Å². The molecule has 1 heterocycles. The molecule has 0 N–H and O–H groups in total. The standard InChI is InChI=1S/C12H14BrN3O3/c1-14-5-2-6-15(8-12(14)17)10-4-3-9(13)7-11(10)16(18)19/h3-4,7H,2,5-6,8H2,1H3. The van der Waals surface area contributed by atoms with Crippen molar-refractivity contribution in [1.82, 2.24) is 4.90 Å². The lowest BCUT2D eigenvalue weighted by atomic mass is 10.2. The molecule has 0 aromatic heterocycles. The smallest absolute Gasteiger partial charge is 0.293 e. The van der Waals surface area contributed by atoms with Crippen LogP contribution >= 0.6 is 15.9 Å². The van der Waals surface area contributed by atoms with E-state index in [0.29, 0.717) is 23.2 Å². The van der Waals surface area contributed by atoms with E-state index in [1.165, 1.54) is 6.07 Å². The number of carbonyl (C=O) groups excluding carboxylic acids is 1. The van der Waals surface area contributed by atoms with Gasteiger partial charge in [0.25, 0.3) is 5.69 Å². The molecule has 7 heteroatoms. The first kappa shape index (κ1) is 13.8. The number of benzene rings is 1. The number of amides is 1. The second kappa shape index (κ2) is 5.56. The van der Waals surface area contributed by atoms with Crippen LogP contribution in [0.1, 0.15) is 6.42 Å². The average molecular weight is 328 g/mol. The van der Waals surface area contributed by atoms with Crippen LogP contribution in [0.3, 0.4) is 0 Å². The second-order valence-electron chi connectivity index (χ2n) is 4.48. The van der Waals surface area contributed by atoms with Crippen LogP contribution in [0, 0.1) is 10.1 Å². The van der Waals surface area contributed by atoms with E-state index < -0.39 is 4.92 Å². The van der Waals surface area contributed by atoms with Crippen LogP contribution in [0.15, 0.2) is 22.7 Å². The van der Waals surface area contributed by atoms with Gasteiger partial charge in [-0.3, -0.25) is 14.9 Å². The molecule has 1 aliphatic rings. The molecule has 102 valence electrons. The Balaban J connectivity index is 2.35. The zero-order valence-electron chi connectivity index (χ0n) is 10.5. The van der Waals surface area contributed by atoms with E-state index in [4.69, 9.17) is 0 Å². The summed E-state index contributed by atoms with van der Waals surface area (Å²) in [4.78, 5) is 26.0. The van der Waals surface area contributed by atoms with Gasteiger partial charge in [-0.1, -0.05) is 15.9 Å². The third-order valence-corrected chi connectivity index (χ3v) is 3.64. The lowest BCUT2D eigenvalue weighted by molar-refractivity contribution is -0.384. The molecule has 1 aliphatic heterocycles. The van der Waals surface area contributed by atoms with E-state index >= 15 is 0 Å². The van der Waals surface area contributed by atoms with Crippen molar-refractivity contribution in [3.63, 3.8) is 0 Å². The van der Waals surface area contributed by atoms with Gasteiger partial charge in [0.2, 0.25) is 5.91 Å². The number of rotatable bonds is 2. The Labute approximate surface area is 119 Å². The molecule has 0 unspecified atom stereocenters. The molecule has 2 rings (SSSR count). The number of nitro benzene ring substituents is 1. The average Bonchev–Trinajstić information content (AvgIpc) is 2.52. The SMILES string of the molecule is CN1CCCN(c2ccc(Br)cc2[N+](=O)[O-])CC1=O. The van der Waals surface area contributed by atoms with Crippen molar-refractivity contribution in [1.29, 1.82) is 0 Å². The Hall–Kier alpha value is -1.63. The van der Waals surface area contributed by atoms with Crippen LogP contribution in [0.5, 0.6) is 0 Å². The molecule has 0 bridgehead atoms. The van der Waals surface area contributed by atoms with Crippen molar-refractivity contribution in [2.45, 2.75) is 6.42 Å². The van der Waals surface area contributed by atoms with E-state index in [1.54, 1.807) is 29.0 Å². The van der Waals surface area contributed by atoms with Gasteiger partial charge in [-0.2, -0.15) is 0 Å². The summed E-state index contributed by atoms with van der Waals surface area (Å²) < 4.78 is 0.654. The van der Waals surface area contributed by atoms with Gasteiger partial charge in [0.15, 0.2) is 0 Å². The molecule has 0 radical (unpaired) electrons. The van der Waals surface area contributed by atoms with Gasteiger partial charge in [-0.05, 0) is 18.6 Å². The number of likely N-dealkylation sites (N-methyl/N-ethyl adjacent to an activating group) is 1. The number of anilines is 1. The maximum absolute atomic E-state index is 11.9. The topological polar surface area (TPSA) is 66.7 Å². The predicted molar refractivity (Wildman–Crippen MR) is 75.3 cm³/mol. The minimum absolute atomic E-state index is 0.0188. The van der Waals surface area contributed by atoms with Crippen LogP contribution in [0.25, 0.3) is 0 Å². The fourth-order valence-electron chi connectivity index (χ4n) is 2.10. The Morgan fingerprint density at radius 3 is 2.79 bits per heavy atom. The highest BCUT2D eigenvalue weighted by molar-refractivity contribution is 9.10. The van der Waals surface area contributed by atoms with Crippen LogP contribution in [-0.4, -0.2) is 42.4 Å². The molecule has 19 heavy (non-hydrogen) atoms. The molecule has 6 nitrogen and oxygen atoms in total. The van der Waals surface area contributed by atoms with Crippen molar-refractivity contribution < 1.29 is 9.72 Å². The predicted octanol–water partition coefficient (Wildman–Crippen LogP) is 2.03. The van der Waals surface area contributed by atoms with Crippen molar-refractivity contribution in [3.8, 4) is 0 Å². The minimum Gasteiger partial charge on any atom is -0.357 e. The first-order chi connectivity index (χ1) is 8.99. The summed E-state index contributed by atoms with van der Waals surface area (Å²) in [5.74, 6) is -0.0188. The molecule has 0 aliphatic carbocycles. The van der Waals surface area contributed by atoms with Gasteiger partial charge >= 0.3 is 0 Å². The molecule has 1 amide bonds. The molecule has 1 saturated heterocycles. The molecular formula is C12H14BrN3O3. The quantitative estimate of drug-likeness (QED) is 0.615. The summed E-state index contributed by atoms with van der Waals surface area (Å²) in [6, 6.07) is 4.90.